The van der Waals surface area contributed by atoms with Crippen molar-refractivity contribution in [3.05, 3.63) is 41.5 Å². The van der Waals surface area contributed by atoms with Crippen molar-refractivity contribution >= 4 is 0 Å². The zero-order chi connectivity index (χ0) is 17.8. The predicted octanol–water partition coefficient (Wildman–Crippen LogP) is 3.04. The summed E-state index contributed by atoms with van der Waals surface area (Å²) in [5.41, 5.74) is 1.30. The summed E-state index contributed by atoms with van der Waals surface area (Å²) in [7, 11) is 0. The van der Waals surface area contributed by atoms with Gasteiger partial charge in [-0.15, -0.1) is 0 Å². The van der Waals surface area contributed by atoms with Gasteiger partial charge < -0.3 is 9.26 Å². The Morgan fingerprint density at radius 1 is 1.16 bits per heavy atom. The molecule has 0 N–H and O–H groups in total. The van der Waals surface area contributed by atoms with E-state index in [1.165, 1.54) is 5.56 Å². The summed E-state index contributed by atoms with van der Waals surface area (Å²) in [4.78, 5) is 9.25. The third-order valence-corrected chi connectivity index (χ3v) is 4.53. The van der Waals surface area contributed by atoms with Gasteiger partial charge in [-0.3, -0.25) is 9.80 Å². The van der Waals surface area contributed by atoms with E-state index >= 15 is 0 Å². The lowest BCUT2D eigenvalue weighted by molar-refractivity contribution is 0.0844. The Bertz CT molecular complexity index is 678. The molecule has 2 heterocycles. The molecule has 6 nitrogen and oxygen atoms in total. The fourth-order valence-corrected chi connectivity index (χ4v) is 3.20. The molecular formula is C19H28N4O2. The van der Waals surface area contributed by atoms with Crippen LogP contribution >= 0.6 is 0 Å². The molecule has 3 rings (SSSR count). The highest BCUT2D eigenvalue weighted by atomic mass is 16.5. The lowest BCUT2D eigenvalue weighted by Gasteiger charge is -2.36. The normalized spacial score (nSPS) is 17.8. The van der Waals surface area contributed by atoms with Gasteiger partial charge in [0.2, 0.25) is 5.89 Å². The highest BCUT2D eigenvalue weighted by Gasteiger charge is 2.25. The SMILES string of the molecule is Cc1noc([C@@H](C)N2CCN(Cc3cccc(OC(C)C)c3)CC2)n1. The minimum atomic E-state index is 0.172. The molecule has 1 aromatic heterocycles. The van der Waals surface area contributed by atoms with Crippen LogP contribution in [0.3, 0.4) is 0 Å². The van der Waals surface area contributed by atoms with E-state index in [0.717, 1.165) is 38.5 Å². The number of aryl methyl sites for hydroxylation is 1. The first kappa shape index (κ1) is 17.9. The van der Waals surface area contributed by atoms with Gasteiger partial charge in [-0.25, -0.2) is 0 Å². The fraction of sp³-hybridized carbons (Fsp3) is 0.579. The second-order valence-corrected chi connectivity index (χ2v) is 6.98. The minimum Gasteiger partial charge on any atom is -0.491 e. The topological polar surface area (TPSA) is 54.6 Å². The fourth-order valence-electron chi connectivity index (χ4n) is 3.20. The van der Waals surface area contributed by atoms with E-state index in [2.05, 4.69) is 58.9 Å². The summed E-state index contributed by atoms with van der Waals surface area (Å²) in [5, 5.41) is 3.90. The highest BCUT2D eigenvalue weighted by Crippen LogP contribution is 2.21. The van der Waals surface area contributed by atoms with Gasteiger partial charge in [0.15, 0.2) is 5.82 Å². The first-order chi connectivity index (χ1) is 12.0. The molecule has 6 heteroatoms. The van der Waals surface area contributed by atoms with Crippen LogP contribution in [0.1, 0.15) is 44.1 Å². The maximum absolute atomic E-state index is 5.79. The van der Waals surface area contributed by atoms with Gasteiger partial charge in [0.1, 0.15) is 5.75 Å². The largest absolute Gasteiger partial charge is 0.491 e. The van der Waals surface area contributed by atoms with Crippen LogP contribution in [0.25, 0.3) is 0 Å². The van der Waals surface area contributed by atoms with Crippen molar-refractivity contribution in [1.29, 1.82) is 0 Å². The molecule has 1 atom stereocenters. The Morgan fingerprint density at radius 2 is 1.92 bits per heavy atom. The van der Waals surface area contributed by atoms with E-state index in [-0.39, 0.29) is 12.1 Å². The average molecular weight is 344 g/mol. The lowest BCUT2D eigenvalue weighted by Crippen LogP contribution is -2.46. The number of ether oxygens (including phenoxy) is 1. The molecule has 0 radical (unpaired) electrons. The summed E-state index contributed by atoms with van der Waals surface area (Å²) < 4.78 is 11.1. The van der Waals surface area contributed by atoms with E-state index in [1.54, 1.807) is 0 Å². The highest BCUT2D eigenvalue weighted by molar-refractivity contribution is 5.28. The van der Waals surface area contributed by atoms with Crippen molar-refractivity contribution < 1.29 is 9.26 Å². The molecule has 0 amide bonds. The molecule has 25 heavy (non-hydrogen) atoms. The predicted molar refractivity (Wildman–Crippen MR) is 96.5 cm³/mol. The Hall–Kier alpha value is -1.92. The van der Waals surface area contributed by atoms with Crippen molar-refractivity contribution in [1.82, 2.24) is 19.9 Å². The molecule has 0 spiro atoms. The van der Waals surface area contributed by atoms with Crippen LogP contribution in [0.15, 0.2) is 28.8 Å². The molecule has 136 valence electrons. The van der Waals surface area contributed by atoms with Crippen LogP contribution in [0, 0.1) is 6.92 Å². The van der Waals surface area contributed by atoms with Crippen molar-refractivity contribution in [2.75, 3.05) is 26.2 Å². The Kier molecular flexibility index (Phi) is 5.71. The molecule has 1 aliphatic heterocycles. The van der Waals surface area contributed by atoms with Crippen LogP contribution in [0.4, 0.5) is 0 Å². The quantitative estimate of drug-likeness (QED) is 0.803. The van der Waals surface area contributed by atoms with Crippen LogP contribution in [-0.2, 0) is 6.54 Å². The van der Waals surface area contributed by atoms with Crippen molar-refractivity contribution in [3.8, 4) is 5.75 Å². The van der Waals surface area contributed by atoms with E-state index in [0.29, 0.717) is 11.7 Å². The number of hydrogen-bond acceptors (Lipinski definition) is 6. The van der Waals surface area contributed by atoms with Gasteiger partial charge in [-0.1, -0.05) is 17.3 Å². The number of benzene rings is 1. The lowest BCUT2D eigenvalue weighted by atomic mass is 10.1. The number of nitrogens with zero attached hydrogens (tertiary/aromatic N) is 4. The van der Waals surface area contributed by atoms with Crippen molar-refractivity contribution in [2.24, 2.45) is 0 Å². The zero-order valence-corrected chi connectivity index (χ0v) is 15.6. The summed E-state index contributed by atoms with van der Waals surface area (Å²) in [5.74, 6) is 2.36. The standard InChI is InChI=1S/C19H28N4O2/c1-14(2)24-18-7-5-6-17(12-18)13-22-8-10-23(11-9-22)15(3)19-20-16(4)21-25-19/h5-7,12,14-15H,8-11,13H2,1-4H3/t15-/m1/s1. The molecule has 1 aliphatic rings. The van der Waals surface area contributed by atoms with Gasteiger partial charge in [-0.05, 0) is 45.4 Å². The van der Waals surface area contributed by atoms with E-state index in [1.807, 2.05) is 13.0 Å². The van der Waals surface area contributed by atoms with E-state index < -0.39 is 0 Å². The molecule has 0 saturated carbocycles. The molecule has 0 unspecified atom stereocenters. The van der Waals surface area contributed by atoms with Gasteiger partial charge in [0.05, 0.1) is 12.1 Å². The van der Waals surface area contributed by atoms with Crippen molar-refractivity contribution in [2.45, 2.75) is 46.4 Å². The van der Waals surface area contributed by atoms with Gasteiger partial charge in [0, 0.05) is 32.7 Å². The molecule has 0 bridgehead atoms. The molecule has 1 aromatic carbocycles. The second kappa shape index (κ2) is 7.97. The third-order valence-electron chi connectivity index (χ3n) is 4.53. The zero-order valence-electron chi connectivity index (χ0n) is 15.6. The molecule has 0 aliphatic carbocycles. The second-order valence-electron chi connectivity index (χ2n) is 6.98. The average Bonchev–Trinajstić information content (AvgIpc) is 3.01. The Balaban J connectivity index is 1.52. The van der Waals surface area contributed by atoms with E-state index in [9.17, 15) is 0 Å². The Labute approximate surface area is 149 Å². The van der Waals surface area contributed by atoms with Gasteiger partial charge >= 0.3 is 0 Å². The van der Waals surface area contributed by atoms with E-state index in [4.69, 9.17) is 9.26 Å². The molecule has 1 fully saturated rings. The van der Waals surface area contributed by atoms with Crippen LogP contribution in [-0.4, -0.2) is 52.2 Å². The maximum Gasteiger partial charge on any atom is 0.243 e. The number of rotatable bonds is 6. The van der Waals surface area contributed by atoms with Crippen LogP contribution in [0.2, 0.25) is 0 Å². The molecular weight excluding hydrogens is 316 g/mol. The molecule has 1 saturated heterocycles. The van der Waals surface area contributed by atoms with Gasteiger partial charge in [-0.2, -0.15) is 4.98 Å². The first-order valence-electron chi connectivity index (χ1n) is 9.03. The summed E-state index contributed by atoms with van der Waals surface area (Å²) in [6, 6.07) is 8.59. The third kappa shape index (κ3) is 4.80. The smallest absolute Gasteiger partial charge is 0.243 e. The Morgan fingerprint density at radius 3 is 2.56 bits per heavy atom. The monoisotopic (exact) mass is 344 g/mol. The minimum absolute atomic E-state index is 0.172. The summed E-state index contributed by atoms with van der Waals surface area (Å²) in [6.45, 7) is 13.1. The van der Waals surface area contributed by atoms with Gasteiger partial charge in [0.25, 0.3) is 0 Å². The molecule has 2 aromatic rings. The summed E-state index contributed by atoms with van der Waals surface area (Å²) in [6.07, 6.45) is 0.202. The van der Waals surface area contributed by atoms with Crippen LogP contribution < -0.4 is 4.74 Å². The maximum atomic E-state index is 5.79. The summed E-state index contributed by atoms with van der Waals surface area (Å²) >= 11 is 0. The number of piperazine rings is 1. The number of hydrogen-bond donors (Lipinski definition) is 0. The number of aromatic nitrogens is 2. The first-order valence-corrected chi connectivity index (χ1v) is 9.03. The van der Waals surface area contributed by atoms with Crippen LogP contribution in [0.5, 0.6) is 5.75 Å². The van der Waals surface area contributed by atoms with Crippen molar-refractivity contribution in [3.63, 3.8) is 0 Å².